The molecule has 3 rings (SSSR count). The van der Waals surface area contributed by atoms with Crippen LogP contribution in [0.25, 0.3) is 11.3 Å². The van der Waals surface area contributed by atoms with Gasteiger partial charge in [0, 0.05) is 11.9 Å². The number of rotatable bonds is 4. The molecule has 4 nitrogen and oxygen atoms in total. The van der Waals surface area contributed by atoms with Gasteiger partial charge in [-0.3, -0.25) is 4.79 Å². The number of carbonyl (C=O) groups is 1. The number of halogens is 3. The van der Waals surface area contributed by atoms with Gasteiger partial charge in [0.15, 0.2) is 0 Å². The highest BCUT2D eigenvalue weighted by molar-refractivity contribution is 5.95. The lowest BCUT2D eigenvalue weighted by atomic mass is 10.1. The quantitative estimate of drug-likeness (QED) is 0.525. The zero-order valence-electron chi connectivity index (χ0n) is 13.4. The van der Waals surface area contributed by atoms with Gasteiger partial charge in [0.25, 0.3) is 5.91 Å². The number of H-pyrrole nitrogens is 1. The summed E-state index contributed by atoms with van der Waals surface area (Å²) in [5, 5.41) is 3.77. The topological polar surface area (TPSA) is 57.2 Å². The average Bonchev–Trinajstić information content (AvgIpc) is 3.12. The summed E-state index contributed by atoms with van der Waals surface area (Å²) in [5.41, 5.74) is 4.19. The molecule has 0 saturated heterocycles. The molecule has 26 heavy (non-hydrogen) atoms. The molecule has 132 valence electrons. The van der Waals surface area contributed by atoms with Crippen molar-refractivity contribution in [1.82, 2.24) is 10.4 Å². The molecule has 1 heterocycles. The third-order valence-corrected chi connectivity index (χ3v) is 3.65. The second kappa shape index (κ2) is 7.26. The summed E-state index contributed by atoms with van der Waals surface area (Å²) in [7, 11) is 0. The summed E-state index contributed by atoms with van der Waals surface area (Å²) < 4.78 is 37.5. The summed E-state index contributed by atoms with van der Waals surface area (Å²) in [6.07, 6.45) is -1.54. The van der Waals surface area contributed by atoms with Crippen LogP contribution < -0.4 is 5.43 Å². The molecule has 0 fully saturated rings. The minimum absolute atomic E-state index is 0.397. The molecule has 0 aliphatic carbocycles. The maximum absolute atomic E-state index is 12.5. The Bertz CT molecular complexity index is 913. The SMILES string of the molecule is O=C(N/N=C/c1ccc(C(F)(F)F)cc1)c1c[nH]c(-c2ccccc2)c1. The first-order valence-electron chi connectivity index (χ1n) is 7.68. The van der Waals surface area contributed by atoms with Gasteiger partial charge in [0.05, 0.1) is 17.3 Å². The number of carbonyl (C=O) groups excluding carboxylic acids is 1. The van der Waals surface area contributed by atoms with Crippen LogP contribution in [0.15, 0.2) is 72.0 Å². The van der Waals surface area contributed by atoms with E-state index in [4.69, 9.17) is 0 Å². The van der Waals surface area contributed by atoms with Crippen LogP contribution in [-0.2, 0) is 6.18 Å². The van der Waals surface area contributed by atoms with Crippen LogP contribution in [0.2, 0.25) is 0 Å². The number of alkyl halides is 3. The number of nitrogens with one attached hydrogen (secondary N) is 2. The van der Waals surface area contributed by atoms with Crippen molar-refractivity contribution >= 4 is 12.1 Å². The number of nitrogens with zero attached hydrogens (tertiary/aromatic N) is 1. The maximum atomic E-state index is 12.5. The van der Waals surface area contributed by atoms with Crippen LogP contribution in [0.5, 0.6) is 0 Å². The van der Waals surface area contributed by atoms with E-state index < -0.39 is 17.6 Å². The van der Waals surface area contributed by atoms with Gasteiger partial charge in [-0.15, -0.1) is 0 Å². The van der Waals surface area contributed by atoms with E-state index in [1.807, 2.05) is 30.3 Å². The van der Waals surface area contributed by atoms with Crippen molar-refractivity contribution in [3.05, 3.63) is 83.6 Å². The molecule has 2 aromatic carbocycles. The van der Waals surface area contributed by atoms with Crippen molar-refractivity contribution in [3.8, 4) is 11.3 Å². The molecule has 2 N–H and O–H groups in total. The zero-order chi connectivity index (χ0) is 18.6. The van der Waals surface area contributed by atoms with Gasteiger partial charge < -0.3 is 4.98 Å². The molecule has 0 aliphatic rings. The number of aromatic nitrogens is 1. The fourth-order valence-corrected chi connectivity index (χ4v) is 2.30. The number of hydrogen-bond donors (Lipinski definition) is 2. The van der Waals surface area contributed by atoms with Gasteiger partial charge >= 0.3 is 6.18 Å². The van der Waals surface area contributed by atoms with Crippen molar-refractivity contribution < 1.29 is 18.0 Å². The minimum Gasteiger partial charge on any atom is -0.360 e. The second-order valence-corrected chi connectivity index (χ2v) is 5.49. The van der Waals surface area contributed by atoms with Gasteiger partial charge in [0.1, 0.15) is 0 Å². The second-order valence-electron chi connectivity index (χ2n) is 5.49. The summed E-state index contributed by atoms with van der Waals surface area (Å²) in [5.74, 6) is -0.424. The third-order valence-electron chi connectivity index (χ3n) is 3.65. The Balaban J connectivity index is 1.62. The highest BCUT2D eigenvalue weighted by Crippen LogP contribution is 2.28. The van der Waals surface area contributed by atoms with E-state index in [2.05, 4.69) is 15.5 Å². The average molecular weight is 357 g/mol. The van der Waals surface area contributed by atoms with E-state index in [0.717, 1.165) is 23.4 Å². The zero-order valence-corrected chi connectivity index (χ0v) is 13.4. The Labute approximate surface area is 147 Å². The summed E-state index contributed by atoms with van der Waals surface area (Å²) in [4.78, 5) is 15.1. The molecule has 0 unspecified atom stereocenters. The number of aromatic amines is 1. The van der Waals surface area contributed by atoms with Crippen molar-refractivity contribution in [2.24, 2.45) is 5.10 Å². The molecule has 3 aromatic rings. The van der Waals surface area contributed by atoms with Crippen LogP contribution in [0, 0.1) is 0 Å². The number of benzene rings is 2. The smallest absolute Gasteiger partial charge is 0.360 e. The van der Waals surface area contributed by atoms with Gasteiger partial charge in [-0.05, 0) is 29.3 Å². The first-order valence-corrected chi connectivity index (χ1v) is 7.68. The predicted molar refractivity (Wildman–Crippen MR) is 92.7 cm³/mol. The Hall–Kier alpha value is -3.35. The van der Waals surface area contributed by atoms with E-state index >= 15 is 0 Å². The minimum atomic E-state index is -4.38. The van der Waals surface area contributed by atoms with Gasteiger partial charge in [0.2, 0.25) is 0 Å². The first kappa shape index (κ1) is 17.5. The first-order chi connectivity index (χ1) is 12.4. The number of hydrazone groups is 1. The van der Waals surface area contributed by atoms with E-state index in [9.17, 15) is 18.0 Å². The predicted octanol–water partition coefficient (Wildman–Crippen LogP) is 4.46. The van der Waals surface area contributed by atoms with Gasteiger partial charge in [-0.1, -0.05) is 42.5 Å². The van der Waals surface area contributed by atoms with Crippen molar-refractivity contribution in [2.45, 2.75) is 6.18 Å². The Morgan fingerprint density at radius 2 is 1.73 bits per heavy atom. The number of hydrogen-bond acceptors (Lipinski definition) is 2. The van der Waals surface area contributed by atoms with E-state index in [-0.39, 0.29) is 0 Å². The largest absolute Gasteiger partial charge is 0.416 e. The monoisotopic (exact) mass is 357 g/mol. The molecular formula is C19H14F3N3O. The molecule has 1 amide bonds. The van der Waals surface area contributed by atoms with E-state index in [1.165, 1.54) is 18.3 Å². The highest BCUT2D eigenvalue weighted by atomic mass is 19.4. The van der Waals surface area contributed by atoms with Gasteiger partial charge in [-0.25, -0.2) is 5.43 Å². The van der Waals surface area contributed by atoms with Crippen LogP contribution in [0.1, 0.15) is 21.5 Å². The molecule has 1 aromatic heterocycles. The molecule has 0 aliphatic heterocycles. The van der Waals surface area contributed by atoms with Crippen molar-refractivity contribution in [2.75, 3.05) is 0 Å². The standard InChI is InChI=1S/C19H14F3N3O/c20-19(21,22)16-8-6-13(7-9-16)11-24-25-18(26)15-10-17(23-12-15)14-4-2-1-3-5-14/h1-12,23H,(H,25,26)/b24-11+. The lowest BCUT2D eigenvalue weighted by Gasteiger charge is -2.05. The third kappa shape index (κ3) is 4.18. The molecular weight excluding hydrogens is 343 g/mol. The Kier molecular flexibility index (Phi) is 4.88. The van der Waals surface area contributed by atoms with Crippen LogP contribution in [0.3, 0.4) is 0 Å². The van der Waals surface area contributed by atoms with Crippen LogP contribution in [0.4, 0.5) is 13.2 Å². The lowest BCUT2D eigenvalue weighted by Crippen LogP contribution is -2.16. The normalized spacial score (nSPS) is 11.7. The van der Waals surface area contributed by atoms with E-state index in [0.29, 0.717) is 11.1 Å². The van der Waals surface area contributed by atoms with Gasteiger partial charge in [-0.2, -0.15) is 18.3 Å². The lowest BCUT2D eigenvalue weighted by molar-refractivity contribution is -0.137. The highest BCUT2D eigenvalue weighted by Gasteiger charge is 2.29. The maximum Gasteiger partial charge on any atom is 0.416 e. The molecule has 0 bridgehead atoms. The Morgan fingerprint density at radius 3 is 2.38 bits per heavy atom. The summed E-state index contributed by atoms with van der Waals surface area (Å²) >= 11 is 0. The fourth-order valence-electron chi connectivity index (χ4n) is 2.30. The molecule has 0 saturated carbocycles. The molecule has 7 heteroatoms. The molecule has 0 atom stereocenters. The summed E-state index contributed by atoms with van der Waals surface area (Å²) in [6, 6.07) is 15.7. The molecule has 0 spiro atoms. The fraction of sp³-hybridized carbons (Fsp3) is 0.0526. The Morgan fingerprint density at radius 1 is 1.04 bits per heavy atom. The van der Waals surface area contributed by atoms with Crippen LogP contribution >= 0.6 is 0 Å². The van der Waals surface area contributed by atoms with Crippen LogP contribution in [-0.4, -0.2) is 17.1 Å². The van der Waals surface area contributed by atoms with Crippen molar-refractivity contribution in [3.63, 3.8) is 0 Å². The molecule has 0 radical (unpaired) electrons. The van der Waals surface area contributed by atoms with E-state index in [1.54, 1.807) is 12.3 Å². The van der Waals surface area contributed by atoms with Crippen molar-refractivity contribution in [1.29, 1.82) is 0 Å². The number of amides is 1. The summed E-state index contributed by atoms with van der Waals surface area (Å²) in [6.45, 7) is 0.